The molecule has 6 nitrogen and oxygen atoms in total. The Morgan fingerprint density at radius 3 is 2.22 bits per heavy atom. The van der Waals surface area contributed by atoms with Gasteiger partial charge in [-0.25, -0.2) is 0 Å². The van der Waals surface area contributed by atoms with Crippen LogP contribution in [-0.2, 0) is 0 Å². The van der Waals surface area contributed by atoms with Gasteiger partial charge in [0.1, 0.15) is 11.5 Å². The van der Waals surface area contributed by atoms with Gasteiger partial charge in [-0.05, 0) is 32.1 Å². The van der Waals surface area contributed by atoms with Crippen molar-refractivity contribution in [2.75, 3.05) is 54.6 Å². The summed E-state index contributed by atoms with van der Waals surface area (Å²) in [6.07, 6.45) is 0. The average Bonchev–Trinajstić information content (AvgIpc) is 2.95. The molecular weight excluding hydrogens is 296 g/mol. The summed E-state index contributed by atoms with van der Waals surface area (Å²) < 4.78 is 10.5. The van der Waals surface area contributed by atoms with Gasteiger partial charge in [0.15, 0.2) is 0 Å². The fraction of sp³-hybridized carbons (Fsp3) is 0.588. The molecule has 0 radical (unpaired) electrons. The van der Waals surface area contributed by atoms with Gasteiger partial charge in [-0.1, -0.05) is 0 Å². The normalized spacial score (nSPS) is 20.9. The van der Waals surface area contributed by atoms with Gasteiger partial charge in [0, 0.05) is 43.8 Å². The summed E-state index contributed by atoms with van der Waals surface area (Å²) in [5, 5.41) is 9.59. The molecule has 1 N–H and O–H groups in total. The molecule has 1 amide bonds. The second-order valence-corrected chi connectivity index (χ2v) is 6.28. The van der Waals surface area contributed by atoms with Crippen molar-refractivity contribution in [3.63, 3.8) is 0 Å². The number of hydrogen-bond donors (Lipinski definition) is 1. The van der Waals surface area contributed by atoms with Crippen LogP contribution in [-0.4, -0.2) is 75.4 Å². The molecule has 0 saturated carbocycles. The number of aliphatic hydroxyl groups excluding tert-OH is 1. The highest BCUT2D eigenvalue weighted by atomic mass is 16.5. The van der Waals surface area contributed by atoms with E-state index in [1.165, 1.54) is 0 Å². The summed E-state index contributed by atoms with van der Waals surface area (Å²) in [7, 11) is 7.14. The van der Waals surface area contributed by atoms with E-state index in [2.05, 4.69) is 4.90 Å². The van der Waals surface area contributed by atoms with Crippen LogP contribution in [0.2, 0.25) is 0 Å². The first-order valence-corrected chi connectivity index (χ1v) is 7.76. The zero-order chi connectivity index (χ0) is 17.0. The Morgan fingerprint density at radius 2 is 1.74 bits per heavy atom. The lowest BCUT2D eigenvalue weighted by Gasteiger charge is -2.20. The first-order chi connectivity index (χ1) is 11.0. The van der Waals surface area contributed by atoms with Crippen LogP contribution in [0.4, 0.5) is 0 Å². The summed E-state index contributed by atoms with van der Waals surface area (Å²) in [5.41, 5.74) is 0.545. The highest BCUT2D eigenvalue weighted by molar-refractivity contribution is 5.95. The second kappa shape index (κ2) is 7.66. The molecule has 1 saturated heterocycles. The summed E-state index contributed by atoms with van der Waals surface area (Å²) in [5.74, 6) is 1.54. The molecule has 1 aliphatic heterocycles. The Kier molecular flexibility index (Phi) is 5.85. The van der Waals surface area contributed by atoms with Crippen molar-refractivity contribution >= 4 is 5.91 Å². The summed E-state index contributed by atoms with van der Waals surface area (Å²) in [6.45, 7) is 2.19. The second-order valence-electron chi connectivity index (χ2n) is 6.28. The topological polar surface area (TPSA) is 62.2 Å². The Hall–Kier alpha value is -1.79. The zero-order valence-corrected chi connectivity index (χ0v) is 14.3. The van der Waals surface area contributed by atoms with E-state index in [0.717, 1.165) is 6.54 Å². The molecule has 1 aromatic carbocycles. The van der Waals surface area contributed by atoms with Gasteiger partial charge in [-0.2, -0.15) is 0 Å². The van der Waals surface area contributed by atoms with E-state index >= 15 is 0 Å². The van der Waals surface area contributed by atoms with Gasteiger partial charge < -0.3 is 24.4 Å². The van der Waals surface area contributed by atoms with Gasteiger partial charge >= 0.3 is 0 Å². The van der Waals surface area contributed by atoms with Gasteiger partial charge in [-0.3, -0.25) is 4.79 Å². The predicted molar refractivity (Wildman–Crippen MR) is 88.1 cm³/mol. The molecule has 0 spiro atoms. The van der Waals surface area contributed by atoms with Gasteiger partial charge in [0.25, 0.3) is 5.91 Å². The lowest BCUT2D eigenvalue weighted by atomic mass is 9.97. The summed E-state index contributed by atoms with van der Waals surface area (Å²) >= 11 is 0. The third kappa shape index (κ3) is 4.14. The van der Waals surface area contributed by atoms with Crippen molar-refractivity contribution in [2.45, 2.75) is 0 Å². The van der Waals surface area contributed by atoms with Crippen molar-refractivity contribution in [2.24, 2.45) is 11.8 Å². The number of nitrogens with zero attached hydrogens (tertiary/aromatic N) is 2. The Bertz CT molecular complexity index is 525. The first kappa shape index (κ1) is 17.6. The highest BCUT2D eigenvalue weighted by Crippen LogP contribution is 2.28. The Labute approximate surface area is 137 Å². The SMILES string of the molecule is COc1cc(OC)cc(C(=O)N2CC(CO)C(CN(C)C)C2)c1. The molecule has 2 rings (SSSR count). The predicted octanol–water partition coefficient (Wildman–Crippen LogP) is 0.946. The molecule has 1 heterocycles. The number of hydrogen-bond acceptors (Lipinski definition) is 5. The lowest BCUT2D eigenvalue weighted by Crippen LogP contribution is -2.30. The van der Waals surface area contributed by atoms with Crippen LogP contribution < -0.4 is 9.47 Å². The van der Waals surface area contributed by atoms with Crippen molar-refractivity contribution in [3.05, 3.63) is 23.8 Å². The standard InChI is InChI=1S/C17H26N2O4/c1-18(2)8-13-9-19(10-14(13)11-20)17(21)12-5-15(22-3)7-16(6-12)23-4/h5-7,13-14,20H,8-11H2,1-4H3. The van der Waals surface area contributed by atoms with E-state index in [0.29, 0.717) is 30.2 Å². The third-order valence-corrected chi connectivity index (χ3v) is 4.30. The first-order valence-electron chi connectivity index (χ1n) is 7.76. The van der Waals surface area contributed by atoms with E-state index in [9.17, 15) is 9.90 Å². The Balaban J connectivity index is 2.17. The third-order valence-electron chi connectivity index (χ3n) is 4.30. The molecule has 0 aromatic heterocycles. The maximum Gasteiger partial charge on any atom is 0.254 e. The molecule has 2 atom stereocenters. The summed E-state index contributed by atoms with van der Waals surface area (Å²) in [4.78, 5) is 16.7. The van der Waals surface area contributed by atoms with Crippen molar-refractivity contribution in [3.8, 4) is 11.5 Å². The number of amides is 1. The van der Waals surface area contributed by atoms with Crippen LogP contribution in [0.5, 0.6) is 11.5 Å². The highest BCUT2D eigenvalue weighted by Gasteiger charge is 2.35. The number of rotatable bonds is 6. The average molecular weight is 322 g/mol. The van der Waals surface area contributed by atoms with E-state index < -0.39 is 0 Å². The molecule has 1 fully saturated rings. The van der Waals surface area contributed by atoms with Crippen molar-refractivity contribution in [1.82, 2.24) is 9.80 Å². The van der Waals surface area contributed by atoms with Crippen LogP contribution >= 0.6 is 0 Å². The maximum atomic E-state index is 12.8. The molecule has 0 bridgehead atoms. The minimum atomic E-state index is -0.0538. The number of methoxy groups -OCH3 is 2. The van der Waals surface area contributed by atoms with E-state index in [1.54, 1.807) is 32.4 Å². The minimum absolute atomic E-state index is 0.0538. The van der Waals surface area contributed by atoms with Gasteiger partial charge in [-0.15, -0.1) is 0 Å². The number of carbonyl (C=O) groups is 1. The monoisotopic (exact) mass is 322 g/mol. The lowest BCUT2D eigenvalue weighted by molar-refractivity contribution is 0.0779. The maximum absolute atomic E-state index is 12.8. The molecule has 6 heteroatoms. The summed E-state index contributed by atoms with van der Waals surface area (Å²) in [6, 6.07) is 5.18. The number of ether oxygens (including phenoxy) is 2. The number of aliphatic hydroxyl groups is 1. The molecule has 23 heavy (non-hydrogen) atoms. The van der Waals surface area contributed by atoms with E-state index in [4.69, 9.17) is 9.47 Å². The van der Waals surface area contributed by atoms with E-state index in [-0.39, 0.29) is 24.3 Å². The Morgan fingerprint density at radius 1 is 1.17 bits per heavy atom. The van der Waals surface area contributed by atoms with Crippen molar-refractivity contribution in [1.29, 1.82) is 0 Å². The van der Waals surface area contributed by atoms with Gasteiger partial charge in [0.05, 0.1) is 14.2 Å². The number of likely N-dealkylation sites (tertiary alicyclic amines) is 1. The quantitative estimate of drug-likeness (QED) is 0.845. The van der Waals surface area contributed by atoms with Crippen LogP contribution in [0.25, 0.3) is 0 Å². The molecule has 128 valence electrons. The van der Waals surface area contributed by atoms with Crippen LogP contribution in [0, 0.1) is 11.8 Å². The van der Waals surface area contributed by atoms with Crippen LogP contribution in [0.1, 0.15) is 10.4 Å². The molecule has 1 aliphatic rings. The van der Waals surface area contributed by atoms with E-state index in [1.807, 2.05) is 19.0 Å². The van der Waals surface area contributed by atoms with Crippen LogP contribution in [0.15, 0.2) is 18.2 Å². The fourth-order valence-electron chi connectivity index (χ4n) is 3.10. The van der Waals surface area contributed by atoms with Crippen LogP contribution in [0.3, 0.4) is 0 Å². The van der Waals surface area contributed by atoms with Gasteiger partial charge in [0.2, 0.25) is 0 Å². The molecular formula is C17H26N2O4. The minimum Gasteiger partial charge on any atom is -0.497 e. The van der Waals surface area contributed by atoms with Crippen molar-refractivity contribution < 1.29 is 19.4 Å². The zero-order valence-electron chi connectivity index (χ0n) is 14.3. The number of benzene rings is 1. The fourth-order valence-corrected chi connectivity index (χ4v) is 3.10. The smallest absolute Gasteiger partial charge is 0.254 e. The molecule has 1 aromatic rings. The molecule has 2 unspecified atom stereocenters. The number of carbonyl (C=O) groups excluding carboxylic acids is 1. The molecule has 0 aliphatic carbocycles. The largest absolute Gasteiger partial charge is 0.497 e.